The molecule has 5 aliphatic rings. The van der Waals surface area contributed by atoms with Gasteiger partial charge in [0.15, 0.2) is 31.5 Å². The quantitative estimate of drug-likeness (QED) is 0.0602. The van der Waals surface area contributed by atoms with Gasteiger partial charge in [-0.3, -0.25) is 23.7 Å². The Balaban J connectivity index is 1.50. The topological polar surface area (TPSA) is 469 Å². The van der Waals surface area contributed by atoms with Crippen LogP contribution in [0, 0.1) is 0 Å². The van der Waals surface area contributed by atoms with E-state index in [1.807, 2.05) is 0 Å². The number of aliphatic hydroxyl groups is 10. The molecule has 0 unspecified atom stereocenters. The van der Waals surface area contributed by atoms with Crippen molar-refractivity contribution < 1.29 is 132 Å². The van der Waals surface area contributed by atoms with E-state index in [0.717, 1.165) is 27.7 Å². The van der Waals surface area contributed by atoms with Crippen molar-refractivity contribution in [3.63, 3.8) is 0 Å². The third-order valence-electron chi connectivity index (χ3n) is 12.1. The maximum absolute atomic E-state index is 12.9. The predicted octanol–water partition coefficient (Wildman–Crippen LogP) is -9.18. The third kappa shape index (κ3) is 13.7. The van der Waals surface area contributed by atoms with E-state index in [2.05, 4.69) is 25.8 Å². The summed E-state index contributed by atoms with van der Waals surface area (Å²) in [7, 11) is -5.36. The van der Waals surface area contributed by atoms with Gasteiger partial charge in [-0.15, -0.1) is 0 Å². The lowest BCUT2D eigenvalue weighted by atomic mass is 9.93. The van der Waals surface area contributed by atoms with Crippen molar-refractivity contribution in [3.8, 4) is 0 Å². The molecule has 31 nitrogen and oxygen atoms in total. The van der Waals surface area contributed by atoms with Gasteiger partial charge in [-0.1, -0.05) is 0 Å². The Bertz CT molecular complexity index is 1820. The standard InChI is InChI=1S/C38H65N4O27P/c1-10-24(51)32(20(40-13(4)47)36(60-10)65-29-17(8-44)62-34(56)28(55)27(29)54)67-38-22(42-15(6)49)33(25(52)16(7-43)63-38)68-37-21(41-14(5)48)31(23(50)11(2)61-37)66-35-19(39-12(3)46)26(53)30(18(9-45)64-35)69-70(57,58)59/h10-11,16-38,43-45,50-56H,7-9H2,1-6H3,(H,39,46)(H,40,47)(H,41,48)(H,42,49)(H2,57,58,59)/t10-,11-,16+,17+,18+,19+,20-,21-,22+,23+,24+,25+,26+,27+,28+,29+,30+,31-,32-,33+,34-,35+,36-,37-,38+/m0/s1. The molecule has 5 heterocycles. The second kappa shape index (κ2) is 24.5. The van der Waals surface area contributed by atoms with Crippen molar-refractivity contribution in [1.82, 2.24) is 21.3 Å². The average molecular weight is 1040 g/mol. The van der Waals surface area contributed by atoms with E-state index in [0.29, 0.717) is 0 Å². The first kappa shape index (κ1) is 58.1. The zero-order chi connectivity index (χ0) is 52.3. The lowest BCUT2D eigenvalue weighted by Crippen LogP contribution is -2.72. The molecule has 4 amide bonds. The van der Waals surface area contributed by atoms with Gasteiger partial charge in [0.2, 0.25) is 23.6 Å². The van der Waals surface area contributed by atoms with Crippen LogP contribution in [0.25, 0.3) is 0 Å². The summed E-state index contributed by atoms with van der Waals surface area (Å²) in [4.78, 5) is 69.8. The SMILES string of the molecule is CC(=O)N[C@@H]1[C@H](O[C@H]2[C@H](O)[C@@H](CO)O[C@H](O[C@@H]3[C@H](O)[C@H](C)O[C@@H](O[C@H]4[C@H](O)[C@@H](O)[C@@H](O)O[C@@H]4CO)[C@H]3NC(C)=O)[C@@H]2NC(C)=O)O[C@@H](C)[C@@H](O)[C@H]1O[C@H]1O[C@H](CO)[C@@H](OP(=O)(O)O)[C@H](O)[C@H]1NC(C)=O. The molecule has 70 heavy (non-hydrogen) atoms. The molecule has 5 aliphatic heterocycles. The van der Waals surface area contributed by atoms with Crippen LogP contribution in [0.5, 0.6) is 0 Å². The highest BCUT2D eigenvalue weighted by Crippen LogP contribution is 2.42. The number of hydrogen-bond donors (Lipinski definition) is 16. The maximum Gasteiger partial charge on any atom is 0.470 e. The average Bonchev–Trinajstić information content (AvgIpc) is 3.26. The van der Waals surface area contributed by atoms with Crippen LogP contribution in [-0.4, -0.2) is 258 Å². The highest BCUT2D eigenvalue weighted by Gasteiger charge is 2.58. The van der Waals surface area contributed by atoms with Crippen molar-refractivity contribution in [2.75, 3.05) is 19.8 Å². The number of nitrogens with one attached hydrogen (secondary N) is 4. The van der Waals surface area contributed by atoms with Gasteiger partial charge in [0.1, 0.15) is 110 Å². The molecule has 0 saturated carbocycles. The van der Waals surface area contributed by atoms with Gasteiger partial charge in [0, 0.05) is 27.7 Å². The van der Waals surface area contributed by atoms with Crippen LogP contribution in [0.2, 0.25) is 0 Å². The van der Waals surface area contributed by atoms with E-state index in [1.54, 1.807) is 0 Å². The van der Waals surface area contributed by atoms with Crippen LogP contribution in [0.1, 0.15) is 41.5 Å². The molecule has 404 valence electrons. The summed E-state index contributed by atoms with van der Waals surface area (Å²) < 4.78 is 69.9. The number of phosphoric ester groups is 1. The molecule has 0 radical (unpaired) electrons. The Morgan fingerprint density at radius 3 is 1.19 bits per heavy atom. The summed E-state index contributed by atoms with van der Waals surface area (Å²) in [6.07, 6.45) is -36.9. The molecule has 25 atom stereocenters. The summed E-state index contributed by atoms with van der Waals surface area (Å²) in [6, 6.07) is -6.70. The van der Waals surface area contributed by atoms with Crippen molar-refractivity contribution in [3.05, 3.63) is 0 Å². The van der Waals surface area contributed by atoms with Gasteiger partial charge in [-0.2, -0.15) is 0 Å². The molecular weight excluding hydrogens is 975 g/mol. The van der Waals surface area contributed by atoms with Crippen LogP contribution >= 0.6 is 7.82 Å². The molecule has 0 bridgehead atoms. The molecule has 0 aromatic rings. The smallest absolute Gasteiger partial charge is 0.394 e. The molecular formula is C38H65N4O27P. The Hall–Kier alpha value is -2.77. The first-order valence-electron chi connectivity index (χ1n) is 22.0. The van der Waals surface area contributed by atoms with Gasteiger partial charge >= 0.3 is 7.82 Å². The Morgan fingerprint density at radius 1 is 0.443 bits per heavy atom. The second-order valence-corrected chi connectivity index (χ2v) is 18.6. The summed E-state index contributed by atoms with van der Waals surface area (Å²) in [5.41, 5.74) is 0. The zero-order valence-corrected chi connectivity index (χ0v) is 39.4. The Kier molecular flexibility index (Phi) is 20.4. The molecule has 0 spiro atoms. The lowest BCUT2D eigenvalue weighted by molar-refractivity contribution is -0.363. The highest BCUT2D eigenvalue weighted by molar-refractivity contribution is 7.46. The van der Waals surface area contributed by atoms with Crippen LogP contribution in [0.4, 0.5) is 0 Å². The van der Waals surface area contributed by atoms with E-state index in [1.165, 1.54) is 13.8 Å². The fourth-order valence-electron chi connectivity index (χ4n) is 8.80. The molecule has 5 rings (SSSR count). The number of carbonyl (C=O) groups is 4. The van der Waals surface area contributed by atoms with Crippen molar-refractivity contribution >= 4 is 31.5 Å². The highest BCUT2D eigenvalue weighted by atomic mass is 31.2. The molecule has 5 saturated heterocycles. The molecule has 0 aromatic heterocycles. The monoisotopic (exact) mass is 1040 g/mol. The Morgan fingerprint density at radius 2 is 0.786 bits per heavy atom. The Labute approximate surface area is 398 Å². The molecule has 16 N–H and O–H groups in total. The molecule has 0 aliphatic carbocycles. The van der Waals surface area contributed by atoms with Gasteiger partial charge in [0.25, 0.3) is 0 Å². The molecule has 32 heteroatoms. The number of hydrogen-bond acceptors (Lipinski definition) is 25. The van der Waals surface area contributed by atoms with E-state index >= 15 is 0 Å². The molecule has 0 aromatic carbocycles. The van der Waals surface area contributed by atoms with Gasteiger partial charge in [-0.25, -0.2) is 4.57 Å². The number of amides is 4. The minimum absolute atomic E-state index is 0.760. The van der Waals surface area contributed by atoms with Crippen molar-refractivity contribution in [1.29, 1.82) is 0 Å². The number of rotatable bonds is 17. The lowest BCUT2D eigenvalue weighted by Gasteiger charge is -2.51. The van der Waals surface area contributed by atoms with Crippen molar-refractivity contribution in [2.24, 2.45) is 0 Å². The summed E-state index contributed by atoms with van der Waals surface area (Å²) >= 11 is 0. The first-order valence-corrected chi connectivity index (χ1v) is 23.5. The second-order valence-electron chi connectivity index (χ2n) is 17.4. The van der Waals surface area contributed by atoms with Gasteiger partial charge in [-0.05, 0) is 13.8 Å². The van der Waals surface area contributed by atoms with Crippen LogP contribution in [0.15, 0.2) is 0 Å². The number of ether oxygens (including phenoxy) is 9. The summed E-state index contributed by atoms with van der Waals surface area (Å²) in [6.45, 7) is 3.98. The largest absolute Gasteiger partial charge is 0.470 e. The summed E-state index contributed by atoms with van der Waals surface area (Å²) in [5.74, 6) is -3.20. The van der Waals surface area contributed by atoms with E-state index in [9.17, 15) is 84.6 Å². The fourth-order valence-corrected chi connectivity index (χ4v) is 9.38. The van der Waals surface area contributed by atoms with Crippen molar-refractivity contribution in [2.45, 2.75) is 195 Å². The fraction of sp³-hybridized carbons (Fsp3) is 0.895. The molecule has 5 fully saturated rings. The minimum Gasteiger partial charge on any atom is -0.394 e. The van der Waals surface area contributed by atoms with Crippen LogP contribution < -0.4 is 21.3 Å². The first-order chi connectivity index (χ1) is 32.7. The number of phosphoric acid groups is 1. The number of carbonyl (C=O) groups excluding carboxylic acids is 4. The predicted molar refractivity (Wildman–Crippen MR) is 221 cm³/mol. The maximum atomic E-state index is 12.9. The third-order valence-corrected chi connectivity index (χ3v) is 12.6. The van der Waals surface area contributed by atoms with Gasteiger partial charge in [0.05, 0.1) is 32.0 Å². The zero-order valence-electron chi connectivity index (χ0n) is 38.5. The minimum atomic E-state index is -5.36. The van der Waals surface area contributed by atoms with E-state index in [4.69, 9.17) is 42.6 Å². The normalized spacial score (nSPS) is 44.7. The van der Waals surface area contributed by atoms with Crippen LogP contribution in [0.3, 0.4) is 0 Å². The van der Waals surface area contributed by atoms with Gasteiger partial charge < -0.3 is 125 Å². The van der Waals surface area contributed by atoms with E-state index < -0.39 is 205 Å². The number of aliphatic hydroxyl groups excluding tert-OH is 10. The van der Waals surface area contributed by atoms with E-state index in [-0.39, 0.29) is 0 Å². The van der Waals surface area contributed by atoms with Crippen LogP contribution in [-0.2, 0) is 70.9 Å². The summed E-state index contributed by atoms with van der Waals surface area (Å²) in [5, 5.41) is 118.